The number of benzene rings is 1. The van der Waals surface area contributed by atoms with Crippen molar-refractivity contribution in [3.8, 4) is 0 Å². The highest BCUT2D eigenvalue weighted by Gasteiger charge is 2.43. The molecule has 0 spiro atoms. The van der Waals surface area contributed by atoms with Gasteiger partial charge in [-0.3, -0.25) is 9.69 Å². The Kier molecular flexibility index (Phi) is 7.13. The summed E-state index contributed by atoms with van der Waals surface area (Å²) in [5.74, 6) is 0.191. The zero-order valence-corrected chi connectivity index (χ0v) is 19.0. The minimum absolute atomic E-state index is 0.0643. The van der Waals surface area contributed by atoms with Crippen LogP contribution in [0, 0.1) is 5.92 Å². The smallest absolute Gasteiger partial charge is 0.310 e. The van der Waals surface area contributed by atoms with Crippen molar-refractivity contribution in [2.24, 2.45) is 5.92 Å². The lowest BCUT2D eigenvalue weighted by molar-refractivity contribution is -0.151. The van der Waals surface area contributed by atoms with Gasteiger partial charge in [-0.25, -0.2) is 0 Å². The van der Waals surface area contributed by atoms with Gasteiger partial charge in [0.15, 0.2) is 0 Å². The number of carbonyl (C=O) groups is 1. The molecule has 0 bridgehead atoms. The number of piperidine rings is 1. The van der Waals surface area contributed by atoms with Crippen molar-refractivity contribution in [1.82, 2.24) is 9.47 Å². The second-order valence-electron chi connectivity index (χ2n) is 8.86. The Morgan fingerprint density at radius 3 is 2.94 bits per heavy atom. The number of carbonyl (C=O) groups excluding carboxylic acids is 1. The predicted octanol–water partition coefficient (Wildman–Crippen LogP) is 4.54. The maximum atomic E-state index is 12.9. The molecule has 0 radical (unpaired) electrons. The molecule has 1 aromatic heterocycles. The van der Waals surface area contributed by atoms with E-state index in [2.05, 4.69) is 47.4 Å². The summed E-state index contributed by atoms with van der Waals surface area (Å²) in [5, 5.41) is 1.42. The predicted molar refractivity (Wildman–Crippen MR) is 124 cm³/mol. The highest BCUT2D eigenvalue weighted by molar-refractivity contribution is 5.89. The number of hydrogen-bond acceptors (Lipinski definition) is 4. The first kappa shape index (κ1) is 22.1. The fraction of sp³-hybridized carbons (Fsp3) is 0.577. The molecule has 2 aliphatic rings. The number of rotatable bonds is 10. The van der Waals surface area contributed by atoms with Gasteiger partial charge in [0.1, 0.15) is 0 Å². The summed E-state index contributed by atoms with van der Waals surface area (Å²) in [6.45, 7) is 12.5. The van der Waals surface area contributed by atoms with Crippen molar-refractivity contribution in [2.45, 2.75) is 58.0 Å². The Hall–Kier alpha value is -2.11. The number of nitrogens with zero attached hydrogens (tertiary/aromatic N) is 2. The van der Waals surface area contributed by atoms with Gasteiger partial charge in [-0.05, 0) is 43.4 Å². The molecular formula is C26H36N2O3. The Balaban J connectivity index is 1.57. The van der Waals surface area contributed by atoms with Crippen LogP contribution in [-0.2, 0) is 27.2 Å². The maximum Gasteiger partial charge on any atom is 0.310 e. The molecule has 1 aliphatic carbocycles. The van der Waals surface area contributed by atoms with E-state index in [0.29, 0.717) is 31.8 Å². The van der Waals surface area contributed by atoms with Crippen LogP contribution in [0.5, 0.6) is 0 Å². The molecular weight excluding hydrogens is 388 g/mol. The molecule has 2 heterocycles. The van der Waals surface area contributed by atoms with Gasteiger partial charge in [0.2, 0.25) is 0 Å². The average molecular weight is 425 g/mol. The quantitative estimate of drug-likeness (QED) is 0.319. The van der Waals surface area contributed by atoms with Crippen LogP contribution in [0.2, 0.25) is 0 Å². The number of aryl methyl sites for hydroxylation is 1. The van der Waals surface area contributed by atoms with Gasteiger partial charge in [0.05, 0.1) is 12.5 Å². The standard InChI is InChI=1S/C26H36N2O3/c1-4-11-27-17-19-16-24-22(21-9-7-10-23(27)25(19)21)15-20(18-28(24)12-5-2)26(29)31-14-8-13-30-6-3/h5,7,9-10,17,20,22,24H,2,4,6,8,11-16,18H2,1,3H3/t20?,22-,24-/m1/s1. The molecule has 1 saturated heterocycles. The molecule has 168 valence electrons. The summed E-state index contributed by atoms with van der Waals surface area (Å²) in [4.78, 5) is 15.4. The van der Waals surface area contributed by atoms with E-state index in [1.54, 1.807) is 0 Å². The third-order valence-electron chi connectivity index (χ3n) is 6.82. The van der Waals surface area contributed by atoms with Gasteiger partial charge in [-0.1, -0.05) is 25.1 Å². The summed E-state index contributed by atoms with van der Waals surface area (Å²) in [6, 6.07) is 7.12. The normalized spacial score (nSPS) is 23.0. The van der Waals surface area contributed by atoms with E-state index in [1.165, 1.54) is 22.0 Å². The molecule has 31 heavy (non-hydrogen) atoms. The third kappa shape index (κ3) is 4.44. The fourth-order valence-corrected chi connectivity index (χ4v) is 5.54. The minimum Gasteiger partial charge on any atom is -0.465 e. The second-order valence-corrected chi connectivity index (χ2v) is 8.86. The van der Waals surface area contributed by atoms with Gasteiger partial charge in [-0.2, -0.15) is 0 Å². The molecule has 1 fully saturated rings. The molecule has 0 N–H and O–H groups in total. The highest BCUT2D eigenvalue weighted by atomic mass is 16.5. The second kappa shape index (κ2) is 10.0. The van der Waals surface area contributed by atoms with E-state index in [-0.39, 0.29) is 11.9 Å². The third-order valence-corrected chi connectivity index (χ3v) is 6.82. The SMILES string of the molecule is C=CCN1CC(C(=O)OCCCOCC)C[C@@H]2c3cccc4c3c(cn4CCC)C[C@H]21. The van der Waals surface area contributed by atoms with Crippen LogP contribution in [0.4, 0.5) is 0 Å². The lowest BCUT2D eigenvalue weighted by Gasteiger charge is -2.46. The van der Waals surface area contributed by atoms with E-state index in [0.717, 1.165) is 45.3 Å². The van der Waals surface area contributed by atoms with E-state index in [9.17, 15) is 4.79 Å². The zero-order chi connectivity index (χ0) is 21.8. The van der Waals surface area contributed by atoms with Crippen molar-refractivity contribution in [3.05, 3.63) is 48.2 Å². The Bertz CT molecular complexity index is 919. The van der Waals surface area contributed by atoms with Crippen LogP contribution in [0.3, 0.4) is 0 Å². The fourth-order valence-electron chi connectivity index (χ4n) is 5.54. The van der Waals surface area contributed by atoms with Crippen LogP contribution in [0.15, 0.2) is 37.1 Å². The van der Waals surface area contributed by atoms with Crippen molar-refractivity contribution in [2.75, 3.05) is 32.9 Å². The number of fused-ring (bicyclic) bond motifs is 2. The van der Waals surface area contributed by atoms with E-state index in [1.807, 2.05) is 13.0 Å². The summed E-state index contributed by atoms with van der Waals surface area (Å²) in [5.41, 5.74) is 4.19. The lowest BCUT2D eigenvalue weighted by atomic mass is 9.72. The van der Waals surface area contributed by atoms with Crippen LogP contribution >= 0.6 is 0 Å². The van der Waals surface area contributed by atoms with Crippen LogP contribution in [0.25, 0.3) is 10.9 Å². The van der Waals surface area contributed by atoms with Crippen molar-refractivity contribution >= 4 is 16.9 Å². The molecule has 1 aromatic carbocycles. The first-order valence-electron chi connectivity index (χ1n) is 11.9. The van der Waals surface area contributed by atoms with Gasteiger partial charge < -0.3 is 14.0 Å². The number of ether oxygens (including phenoxy) is 2. The highest BCUT2D eigenvalue weighted by Crippen LogP contribution is 2.45. The van der Waals surface area contributed by atoms with Gasteiger partial charge in [0.25, 0.3) is 0 Å². The van der Waals surface area contributed by atoms with Crippen LogP contribution < -0.4 is 0 Å². The number of likely N-dealkylation sites (tertiary alicyclic amines) is 1. The number of aromatic nitrogens is 1. The summed E-state index contributed by atoms with van der Waals surface area (Å²) in [6.07, 6.45) is 8.10. The van der Waals surface area contributed by atoms with E-state index in [4.69, 9.17) is 9.47 Å². The maximum absolute atomic E-state index is 12.9. The van der Waals surface area contributed by atoms with Crippen molar-refractivity contribution in [3.63, 3.8) is 0 Å². The molecule has 0 amide bonds. The van der Waals surface area contributed by atoms with Crippen LogP contribution in [-0.4, -0.2) is 54.4 Å². The van der Waals surface area contributed by atoms with E-state index < -0.39 is 0 Å². The van der Waals surface area contributed by atoms with Gasteiger partial charge >= 0.3 is 5.97 Å². The minimum atomic E-state index is -0.0946. The molecule has 5 nitrogen and oxygen atoms in total. The monoisotopic (exact) mass is 424 g/mol. The first-order valence-corrected chi connectivity index (χ1v) is 11.9. The Labute approximate surface area is 186 Å². The molecule has 0 saturated carbocycles. The largest absolute Gasteiger partial charge is 0.465 e. The van der Waals surface area contributed by atoms with Gasteiger partial charge in [-0.15, -0.1) is 6.58 Å². The lowest BCUT2D eigenvalue weighted by Crippen LogP contribution is -2.51. The summed E-state index contributed by atoms with van der Waals surface area (Å²) in [7, 11) is 0. The zero-order valence-electron chi connectivity index (χ0n) is 19.0. The molecule has 2 aromatic rings. The van der Waals surface area contributed by atoms with Crippen molar-refractivity contribution in [1.29, 1.82) is 0 Å². The average Bonchev–Trinajstić information content (AvgIpc) is 3.13. The molecule has 5 heteroatoms. The number of hydrogen-bond donors (Lipinski definition) is 0. The first-order chi connectivity index (χ1) is 15.2. The summed E-state index contributed by atoms with van der Waals surface area (Å²) < 4.78 is 13.4. The number of esters is 1. The van der Waals surface area contributed by atoms with E-state index >= 15 is 0 Å². The van der Waals surface area contributed by atoms with Crippen molar-refractivity contribution < 1.29 is 14.3 Å². The molecule has 1 aliphatic heterocycles. The molecule has 3 atom stereocenters. The Morgan fingerprint density at radius 2 is 2.16 bits per heavy atom. The van der Waals surface area contributed by atoms with Crippen LogP contribution in [0.1, 0.15) is 50.2 Å². The molecule has 1 unspecified atom stereocenters. The molecule has 4 rings (SSSR count). The van der Waals surface area contributed by atoms with Gasteiger partial charge in [0, 0.05) is 68.3 Å². The Morgan fingerprint density at radius 1 is 1.29 bits per heavy atom. The summed E-state index contributed by atoms with van der Waals surface area (Å²) >= 11 is 0. The topological polar surface area (TPSA) is 43.7 Å².